The van der Waals surface area contributed by atoms with Crippen molar-refractivity contribution < 1.29 is 28.5 Å². The molecule has 126 valence electrons. The summed E-state index contributed by atoms with van der Waals surface area (Å²) in [5, 5.41) is 0. The quantitative estimate of drug-likeness (QED) is 0.568. The highest BCUT2D eigenvalue weighted by atomic mass is 16.7. The predicted octanol–water partition coefficient (Wildman–Crippen LogP) is 1.68. The first-order valence-corrected chi connectivity index (χ1v) is 7.57. The second-order valence-corrected chi connectivity index (χ2v) is 6.35. The molecular weight excluding hydrogens is 288 g/mol. The van der Waals surface area contributed by atoms with Gasteiger partial charge in [-0.1, -0.05) is 19.9 Å². The van der Waals surface area contributed by atoms with Gasteiger partial charge in [0.05, 0.1) is 12.2 Å². The molecule has 0 N–H and O–H groups in total. The van der Waals surface area contributed by atoms with Crippen molar-refractivity contribution >= 4 is 5.97 Å². The van der Waals surface area contributed by atoms with Crippen molar-refractivity contribution in [2.24, 2.45) is 5.41 Å². The molecule has 2 aliphatic rings. The van der Waals surface area contributed by atoms with E-state index >= 15 is 0 Å². The van der Waals surface area contributed by atoms with Crippen LogP contribution >= 0.6 is 0 Å². The van der Waals surface area contributed by atoms with Crippen LogP contribution in [0.25, 0.3) is 0 Å². The molecule has 2 saturated heterocycles. The third-order valence-electron chi connectivity index (χ3n) is 4.50. The summed E-state index contributed by atoms with van der Waals surface area (Å²) >= 11 is 0. The lowest BCUT2D eigenvalue weighted by Gasteiger charge is -2.53. The fourth-order valence-electron chi connectivity index (χ4n) is 3.29. The highest BCUT2D eigenvalue weighted by Crippen LogP contribution is 2.43. The fourth-order valence-corrected chi connectivity index (χ4v) is 3.29. The molecule has 2 heterocycles. The van der Waals surface area contributed by atoms with E-state index < -0.39 is 0 Å². The monoisotopic (exact) mass is 314 g/mol. The second-order valence-electron chi connectivity index (χ2n) is 6.35. The molecule has 22 heavy (non-hydrogen) atoms. The standard InChI is InChI=1S/C16H26O6/c1-6-7-12-16(3,4)15(18-5)14-13(22-12)11(20-9-21-14)8-19-10(2)17/h6,11-15H,1,7-9H2,2-5H3/t11-,12+,13+,14-,15+/m0/s1. The lowest BCUT2D eigenvalue weighted by atomic mass is 9.72. The molecule has 0 spiro atoms. The first-order valence-electron chi connectivity index (χ1n) is 7.57. The van der Waals surface area contributed by atoms with E-state index in [1.807, 2.05) is 6.08 Å². The van der Waals surface area contributed by atoms with Gasteiger partial charge < -0.3 is 23.7 Å². The number of hydrogen-bond acceptors (Lipinski definition) is 6. The van der Waals surface area contributed by atoms with Crippen molar-refractivity contribution in [3.8, 4) is 0 Å². The van der Waals surface area contributed by atoms with Gasteiger partial charge in [0.25, 0.3) is 0 Å². The van der Waals surface area contributed by atoms with E-state index in [0.717, 1.165) is 0 Å². The molecule has 0 aromatic rings. The third kappa shape index (κ3) is 3.35. The maximum Gasteiger partial charge on any atom is 0.302 e. The number of esters is 1. The summed E-state index contributed by atoms with van der Waals surface area (Å²) in [5.74, 6) is -0.339. The second kappa shape index (κ2) is 7.08. The van der Waals surface area contributed by atoms with Gasteiger partial charge in [-0.2, -0.15) is 0 Å². The Morgan fingerprint density at radius 3 is 2.68 bits per heavy atom. The van der Waals surface area contributed by atoms with Crippen molar-refractivity contribution in [1.29, 1.82) is 0 Å². The number of ether oxygens (including phenoxy) is 5. The van der Waals surface area contributed by atoms with E-state index in [4.69, 9.17) is 23.7 Å². The largest absolute Gasteiger partial charge is 0.463 e. The van der Waals surface area contributed by atoms with E-state index in [9.17, 15) is 4.79 Å². The first kappa shape index (κ1) is 17.4. The molecule has 0 aromatic carbocycles. The minimum Gasteiger partial charge on any atom is -0.463 e. The van der Waals surface area contributed by atoms with Crippen LogP contribution in [0.2, 0.25) is 0 Å². The molecule has 6 nitrogen and oxygen atoms in total. The summed E-state index contributed by atoms with van der Waals surface area (Å²) in [7, 11) is 1.68. The zero-order valence-electron chi connectivity index (χ0n) is 13.7. The van der Waals surface area contributed by atoms with Gasteiger partial charge in [-0.05, 0) is 6.42 Å². The summed E-state index contributed by atoms with van der Waals surface area (Å²) in [6.45, 7) is 9.67. The molecule has 2 aliphatic heterocycles. The van der Waals surface area contributed by atoms with Crippen molar-refractivity contribution in [3.63, 3.8) is 0 Å². The number of methoxy groups -OCH3 is 1. The topological polar surface area (TPSA) is 63.2 Å². The predicted molar refractivity (Wildman–Crippen MR) is 79.3 cm³/mol. The average molecular weight is 314 g/mol. The Balaban J connectivity index is 2.19. The first-order chi connectivity index (χ1) is 10.4. The van der Waals surface area contributed by atoms with E-state index in [1.165, 1.54) is 6.92 Å². The molecule has 0 aliphatic carbocycles. The zero-order valence-corrected chi connectivity index (χ0v) is 13.7. The van der Waals surface area contributed by atoms with Gasteiger partial charge in [-0.3, -0.25) is 4.79 Å². The minimum atomic E-state index is -0.358. The van der Waals surface area contributed by atoms with Crippen LogP contribution in [-0.4, -0.2) is 57.0 Å². The van der Waals surface area contributed by atoms with Gasteiger partial charge in [-0.15, -0.1) is 6.58 Å². The van der Waals surface area contributed by atoms with Crippen LogP contribution in [0, 0.1) is 5.41 Å². The van der Waals surface area contributed by atoms with Crippen LogP contribution in [0.4, 0.5) is 0 Å². The normalized spacial score (nSPS) is 37.2. The van der Waals surface area contributed by atoms with Crippen LogP contribution in [0.5, 0.6) is 0 Å². The van der Waals surface area contributed by atoms with Gasteiger partial charge in [0, 0.05) is 19.4 Å². The van der Waals surface area contributed by atoms with E-state index in [1.54, 1.807) is 7.11 Å². The van der Waals surface area contributed by atoms with Crippen LogP contribution in [-0.2, 0) is 28.5 Å². The van der Waals surface area contributed by atoms with Crippen molar-refractivity contribution in [2.45, 2.75) is 57.7 Å². The maximum absolute atomic E-state index is 11.0. The summed E-state index contributed by atoms with van der Waals surface area (Å²) in [6.07, 6.45) is 1.39. The summed E-state index contributed by atoms with van der Waals surface area (Å²) in [5.41, 5.74) is -0.229. The summed E-state index contributed by atoms with van der Waals surface area (Å²) in [6, 6.07) is 0. The van der Waals surface area contributed by atoms with Crippen LogP contribution < -0.4 is 0 Å². The number of carbonyl (C=O) groups is 1. The summed E-state index contributed by atoms with van der Waals surface area (Å²) < 4.78 is 28.4. The Hall–Kier alpha value is -0.950. The summed E-state index contributed by atoms with van der Waals surface area (Å²) in [4.78, 5) is 11.0. The Bertz CT molecular complexity index is 407. The Kier molecular flexibility index (Phi) is 5.60. The molecule has 0 amide bonds. The van der Waals surface area contributed by atoms with Gasteiger partial charge in [-0.25, -0.2) is 0 Å². The maximum atomic E-state index is 11.0. The van der Waals surface area contributed by atoms with Crippen molar-refractivity contribution in [2.75, 3.05) is 20.5 Å². The van der Waals surface area contributed by atoms with Crippen LogP contribution in [0.1, 0.15) is 27.2 Å². The average Bonchev–Trinajstić information content (AvgIpc) is 2.46. The van der Waals surface area contributed by atoms with E-state index in [2.05, 4.69) is 20.4 Å². The van der Waals surface area contributed by atoms with Gasteiger partial charge >= 0.3 is 5.97 Å². The highest BCUT2D eigenvalue weighted by molar-refractivity contribution is 5.65. The Morgan fingerprint density at radius 1 is 1.36 bits per heavy atom. The molecular formula is C16H26O6. The lowest BCUT2D eigenvalue weighted by Crippen LogP contribution is -2.66. The lowest BCUT2D eigenvalue weighted by molar-refractivity contribution is -0.329. The molecule has 5 atom stereocenters. The molecule has 0 bridgehead atoms. The van der Waals surface area contributed by atoms with Gasteiger partial charge in [0.2, 0.25) is 0 Å². The fraction of sp³-hybridized carbons (Fsp3) is 0.812. The third-order valence-corrected chi connectivity index (χ3v) is 4.50. The molecule has 0 saturated carbocycles. The number of fused-ring (bicyclic) bond motifs is 1. The minimum absolute atomic E-state index is 0.0682. The van der Waals surface area contributed by atoms with Crippen LogP contribution in [0.3, 0.4) is 0 Å². The Labute approximate surface area is 131 Å². The Morgan fingerprint density at radius 2 is 2.09 bits per heavy atom. The molecule has 0 radical (unpaired) electrons. The van der Waals surface area contributed by atoms with Crippen LogP contribution in [0.15, 0.2) is 12.7 Å². The van der Waals surface area contributed by atoms with Crippen molar-refractivity contribution in [1.82, 2.24) is 0 Å². The molecule has 2 rings (SSSR count). The zero-order chi connectivity index (χ0) is 16.3. The highest BCUT2D eigenvalue weighted by Gasteiger charge is 2.55. The van der Waals surface area contributed by atoms with E-state index in [-0.39, 0.29) is 55.3 Å². The van der Waals surface area contributed by atoms with Crippen molar-refractivity contribution in [3.05, 3.63) is 12.7 Å². The molecule has 6 heteroatoms. The smallest absolute Gasteiger partial charge is 0.302 e. The van der Waals surface area contributed by atoms with Gasteiger partial charge in [0.1, 0.15) is 31.7 Å². The number of rotatable bonds is 5. The number of hydrogen-bond donors (Lipinski definition) is 0. The molecule has 0 aromatic heterocycles. The molecule has 0 unspecified atom stereocenters. The van der Waals surface area contributed by atoms with Gasteiger partial charge in [0.15, 0.2) is 0 Å². The van der Waals surface area contributed by atoms with E-state index in [0.29, 0.717) is 6.42 Å². The SMILES string of the molecule is C=CC[C@H]1O[C@H]2[C@H](OCO[C@H]2COC(C)=O)[C@@H](OC)C1(C)C. The number of carbonyl (C=O) groups excluding carboxylic acids is 1. The molecule has 2 fully saturated rings.